The lowest BCUT2D eigenvalue weighted by Crippen LogP contribution is -2.07. The largest absolute Gasteiger partial charge is 0.198 e. The molecule has 0 saturated carbocycles. The van der Waals surface area contributed by atoms with Crippen LogP contribution in [0.5, 0.6) is 0 Å². The third kappa shape index (κ3) is 2.08. The molecule has 11 heavy (non-hydrogen) atoms. The first-order valence-corrected chi connectivity index (χ1v) is 4.47. The van der Waals surface area contributed by atoms with Crippen LogP contribution in [0.1, 0.15) is 39.0 Å². The van der Waals surface area contributed by atoms with E-state index in [2.05, 4.69) is 19.1 Å². The van der Waals surface area contributed by atoms with Gasteiger partial charge in [0, 0.05) is 0 Å². The zero-order valence-corrected chi connectivity index (χ0v) is 7.14. The molecule has 1 heteroatoms. The molecule has 0 spiro atoms. The van der Waals surface area contributed by atoms with Gasteiger partial charge in [0.25, 0.3) is 0 Å². The second-order valence-corrected chi connectivity index (χ2v) is 3.14. The van der Waals surface area contributed by atoms with Crippen LogP contribution in [0.2, 0.25) is 0 Å². The summed E-state index contributed by atoms with van der Waals surface area (Å²) in [4.78, 5) is 0. The molecule has 0 amide bonds. The molecule has 0 aromatic heterocycles. The van der Waals surface area contributed by atoms with E-state index in [1.807, 2.05) is 0 Å². The molecule has 0 saturated heterocycles. The first-order chi connectivity index (χ1) is 5.38. The molecule has 60 valence electrons. The van der Waals surface area contributed by atoms with Crippen molar-refractivity contribution in [2.24, 2.45) is 5.92 Å². The molecule has 0 radical (unpaired) electrons. The zero-order chi connectivity index (χ0) is 8.10. The minimum atomic E-state index is 0.240. The molecule has 0 aromatic rings. The van der Waals surface area contributed by atoms with Gasteiger partial charge >= 0.3 is 0 Å². The molecule has 0 N–H and O–H groups in total. The Balaban J connectivity index is 2.32. The van der Waals surface area contributed by atoms with Crippen LogP contribution >= 0.6 is 0 Å². The number of nitrogens with zero attached hydrogens (tertiary/aromatic N) is 1. The molecule has 1 nitrogen and oxygen atoms in total. The van der Waals surface area contributed by atoms with Crippen molar-refractivity contribution in [3.63, 3.8) is 0 Å². The molecular formula is C10H15N. The van der Waals surface area contributed by atoms with Crippen molar-refractivity contribution >= 4 is 0 Å². The molecular weight excluding hydrogens is 134 g/mol. The lowest BCUT2D eigenvalue weighted by molar-refractivity contribution is 0.586. The Hall–Kier alpha value is -0.770. The monoisotopic (exact) mass is 149 g/mol. The van der Waals surface area contributed by atoms with E-state index in [-0.39, 0.29) is 5.92 Å². The van der Waals surface area contributed by atoms with Gasteiger partial charge in [-0.3, -0.25) is 0 Å². The lowest BCUT2D eigenvalue weighted by Gasteiger charge is -2.18. The maximum Gasteiger partial charge on any atom is 0.0700 e. The highest BCUT2D eigenvalue weighted by atomic mass is 14.3. The highest BCUT2D eigenvalue weighted by Gasteiger charge is 2.16. The SMILES string of the molecule is CCCCC(C#N)C1=CCC1. The van der Waals surface area contributed by atoms with Crippen molar-refractivity contribution in [1.82, 2.24) is 0 Å². The first kappa shape index (κ1) is 8.33. The van der Waals surface area contributed by atoms with Gasteiger partial charge in [-0.25, -0.2) is 0 Å². The Morgan fingerprint density at radius 3 is 2.82 bits per heavy atom. The van der Waals surface area contributed by atoms with E-state index in [0.717, 1.165) is 6.42 Å². The van der Waals surface area contributed by atoms with Crippen LogP contribution in [0.15, 0.2) is 11.6 Å². The summed E-state index contributed by atoms with van der Waals surface area (Å²) in [5.41, 5.74) is 1.39. The molecule has 0 bridgehead atoms. The van der Waals surface area contributed by atoms with Crippen molar-refractivity contribution in [2.45, 2.75) is 39.0 Å². The second kappa shape index (κ2) is 4.18. The average molecular weight is 149 g/mol. The summed E-state index contributed by atoms with van der Waals surface area (Å²) in [6.07, 6.45) is 8.03. The second-order valence-electron chi connectivity index (χ2n) is 3.14. The van der Waals surface area contributed by atoms with Gasteiger partial charge in [0.15, 0.2) is 0 Å². The summed E-state index contributed by atoms with van der Waals surface area (Å²) in [6, 6.07) is 2.37. The Labute approximate surface area is 68.7 Å². The van der Waals surface area contributed by atoms with Gasteiger partial charge in [0.05, 0.1) is 12.0 Å². The molecule has 0 fully saturated rings. The quantitative estimate of drug-likeness (QED) is 0.563. The molecule has 0 aromatic carbocycles. The number of unbranched alkanes of at least 4 members (excludes halogenated alkanes) is 1. The Kier molecular flexibility index (Phi) is 3.16. The fraction of sp³-hybridized carbons (Fsp3) is 0.700. The zero-order valence-electron chi connectivity index (χ0n) is 7.14. The number of nitriles is 1. The molecule has 1 aliphatic rings. The fourth-order valence-corrected chi connectivity index (χ4v) is 1.37. The number of hydrogen-bond acceptors (Lipinski definition) is 1. The number of allylic oxidation sites excluding steroid dienone is 2. The van der Waals surface area contributed by atoms with Crippen molar-refractivity contribution in [1.29, 1.82) is 5.26 Å². The van der Waals surface area contributed by atoms with Crippen LogP contribution < -0.4 is 0 Å². The topological polar surface area (TPSA) is 23.8 Å². The van der Waals surface area contributed by atoms with Crippen LogP contribution in [-0.4, -0.2) is 0 Å². The summed E-state index contributed by atoms with van der Waals surface area (Å²) < 4.78 is 0. The average Bonchev–Trinajstić information content (AvgIpc) is 1.93. The van der Waals surface area contributed by atoms with Crippen molar-refractivity contribution < 1.29 is 0 Å². The van der Waals surface area contributed by atoms with Gasteiger partial charge in [-0.1, -0.05) is 31.4 Å². The molecule has 1 unspecified atom stereocenters. The lowest BCUT2D eigenvalue weighted by atomic mass is 9.85. The third-order valence-electron chi connectivity index (χ3n) is 2.29. The van der Waals surface area contributed by atoms with Gasteiger partial charge < -0.3 is 0 Å². The van der Waals surface area contributed by atoms with Crippen molar-refractivity contribution in [2.75, 3.05) is 0 Å². The van der Waals surface area contributed by atoms with E-state index in [0.29, 0.717) is 0 Å². The van der Waals surface area contributed by atoms with E-state index in [9.17, 15) is 0 Å². The summed E-state index contributed by atoms with van der Waals surface area (Å²) in [5, 5.41) is 8.80. The Morgan fingerprint density at radius 1 is 1.73 bits per heavy atom. The van der Waals surface area contributed by atoms with Gasteiger partial charge in [0.2, 0.25) is 0 Å². The number of hydrogen-bond donors (Lipinski definition) is 0. The van der Waals surface area contributed by atoms with Crippen LogP contribution in [0.3, 0.4) is 0 Å². The third-order valence-corrected chi connectivity index (χ3v) is 2.29. The van der Waals surface area contributed by atoms with Gasteiger partial charge in [-0.05, 0) is 19.3 Å². The predicted octanol–water partition coefficient (Wildman–Crippen LogP) is 3.04. The maximum absolute atomic E-state index is 8.80. The summed E-state index contributed by atoms with van der Waals surface area (Å²) in [6.45, 7) is 2.17. The van der Waals surface area contributed by atoms with Crippen molar-refractivity contribution in [3.8, 4) is 6.07 Å². The summed E-state index contributed by atoms with van der Waals surface area (Å²) >= 11 is 0. The van der Waals surface area contributed by atoms with Crippen LogP contribution in [0.25, 0.3) is 0 Å². The highest BCUT2D eigenvalue weighted by Crippen LogP contribution is 2.28. The molecule has 0 heterocycles. The number of rotatable bonds is 4. The molecule has 1 aliphatic carbocycles. The van der Waals surface area contributed by atoms with Crippen LogP contribution in [-0.2, 0) is 0 Å². The highest BCUT2D eigenvalue weighted by molar-refractivity contribution is 5.21. The van der Waals surface area contributed by atoms with E-state index in [1.165, 1.54) is 31.3 Å². The van der Waals surface area contributed by atoms with Gasteiger partial charge in [0.1, 0.15) is 0 Å². The summed E-state index contributed by atoms with van der Waals surface area (Å²) in [7, 11) is 0. The minimum Gasteiger partial charge on any atom is -0.198 e. The smallest absolute Gasteiger partial charge is 0.0700 e. The van der Waals surface area contributed by atoms with Crippen molar-refractivity contribution in [3.05, 3.63) is 11.6 Å². The van der Waals surface area contributed by atoms with E-state index in [1.54, 1.807) is 0 Å². The minimum absolute atomic E-state index is 0.240. The Bertz CT molecular complexity index is 186. The van der Waals surface area contributed by atoms with Crippen LogP contribution in [0.4, 0.5) is 0 Å². The normalized spacial score (nSPS) is 18.0. The van der Waals surface area contributed by atoms with E-state index >= 15 is 0 Å². The van der Waals surface area contributed by atoms with Gasteiger partial charge in [-0.15, -0.1) is 0 Å². The summed E-state index contributed by atoms with van der Waals surface area (Å²) in [5.74, 6) is 0.240. The fourth-order valence-electron chi connectivity index (χ4n) is 1.37. The molecule has 1 atom stereocenters. The maximum atomic E-state index is 8.80. The van der Waals surface area contributed by atoms with Gasteiger partial charge in [-0.2, -0.15) is 5.26 Å². The van der Waals surface area contributed by atoms with E-state index < -0.39 is 0 Å². The standard InChI is InChI=1S/C10H15N/c1-2-3-5-10(8-11)9-6-4-7-9/h6,10H,2-5,7H2,1H3. The first-order valence-electron chi connectivity index (χ1n) is 4.47. The van der Waals surface area contributed by atoms with Crippen LogP contribution in [0, 0.1) is 17.2 Å². The van der Waals surface area contributed by atoms with E-state index in [4.69, 9.17) is 5.26 Å². The Morgan fingerprint density at radius 2 is 2.45 bits per heavy atom. The molecule has 1 rings (SSSR count). The molecule has 0 aliphatic heterocycles. The predicted molar refractivity (Wildman–Crippen MR) is 45.9 cm³/mol.